The van der Waals surface area contributed by atoms with Gasteiger partial charge in [0.15, 0.2) is 17.1 Å². The summed E-state index contributed by atoms with van der Waals surface area (Å²) in [6, 6.07) is 7.37. The number of hydrogen-bond acceptors (Lipinski definition) is 6. The first kappa shape index (κ1) is 15.1. The molecule has 1 amide bonds. The van der Waals surface area contributed by atoms with Crippen LogP contribution in [-0.2, 0) is 4.79 Å². The Bertz CT molecular complexity index is 858. The number of anilines is 1. The molecule has 23 heavy (non-hydrogen) atoms. The van der Waals surface area contributed by atoms with Crippen LogP contribution in [0.25, 0.3) is 22.6 Å². The van der Waals surface area contributed by atoms with Crippen molar-refractivity contribution in [2.45, 2.75) is 20.8 Å². The number of benzene rings is 1. The smallest absolute Gasteiger partial charge is 0.322 e. The van der Waals surface area contributed by atoms with Crippen LogP contribution >= 0.6 is 0 Å². The number of aromatic nitrogens is 2. The van der Waals surface area contributed by atoms with Gasteiger partial charge in [0.2, 0.25) is 5.91 Å². The summed E-state index contributed by atoms with van der Waals surface area (Å²) in [7, 11) is 1.57. The van der Waals surface area contributed by atoms with Crippen molar-refractivity contribution in [1.29, 1.82) is 0 Å². The fourth-order valence-corrected chi connectivity index (χ4v) is 1.96. The minimum Gasteiger partial charge on any atom is -0.493 e. The second kappa shape index (κ2) is 5.42. The number of hydrogen-bond donors (Lipinski definition) is 1. The van der Waals surface area contributed by atoms with Gasteiger partial charge in [0, 0.05) is 10.8 Å². The Morgan fingerprint density at radius 3 is 2.70 bits per heavy atom. The number of nitrogens with zero attached hydrogens (tertiary/aromatic N) is 2. The highest BCUT2D eigenvalue weighted by atomic mass is 16.5. The van der Waals surface area contributed by atoms with E-state index in [0.717, 1.165) is 5.39 Å². The van der Waals surface area contributed by atoms with E-state index in [0.29, 0.717) is 17.1 Å². The molecule has 2 heterocycles. The first-order chi connectivity index (χ1) is 10.9. The van der Waals surface area contributed by atoms with E-state index in [-0.39, 0.29) is 17.8 Å². The van der Waals surface area contributed by atoms with Gasteiger partial charge in [-0.15, -0.1) is 5.10 Å². The predicted molar refractivity (Wildman–Crippen MR) is 84.1 cm³/mol. The fraction of sp³-hybridized carbons (Fsp3) is 0.312. The van der Waals surface area contributed by atoms with Crippen molar-refractivity contribution in [2.24, 2.45) is 5.41 Å². The molecule has 0 aliphatic rings. The van der Waals surface area contributed by atoms with Crippen LogP contribution in [0.5, 0.6) is 5.75 Å². The zero-order valence-electron chi connectivity index (χ0n) is 13.3. The predicted octanol–water partition coefficient (Wildman–Crippen LogP) is 3.48. The molecule has 120 valence electrons. The molecule has 0 unspecified atom stereocenters. The first-order valence-electron chi connectivity index (χ1n) is 7.10. The molecule has 0 spiro atoms. The molecule has 1 N–H and O–H groups in total. The van der Waals surface area contributed by atoms with E-state index >= 15 is 0 Å². The van der Waals surface area contributed by atoms with Crippen LogP contribution in [0.4, 0.5) is 6.01 Å². The monoisotopic (exact) mass is 315 g/mol. The Kier molecular flexibility index (Phi) is 3.55. The summed E-state index contributed by atoms with van der Waals surface area (Å²) in [5.41, 5.74) is 0.0462. The normalized spacial score (nSPS) is 11.7. The van der Waals surface area contributed by atoms with Crippen molar-refractivity contribution < 1.29 is 18.4 Å². The average Bonchev–Trinajstić information content (AvgIpc) is 3.11. The van der Waals surface area contributed by atoms with Gasteiger partial charge in [-0.25, -0.2) is 0 Å². The molecule has 0 fully saturated rings. The molecule has 2 aromatic heterocycles. The number of amides is 1. The van der Waals surface area contributed by atoms with Crippen LogP contribution in [0.1, 0.15) is 20.8 Å². The maximum absolute atomic E-state index is 11.9. The molecule has 0 bridgehead atoms. The zero-order valence-corrected chi connectivity index (χ0v) is 13.3. The number of furan rings is 1. The SMILES string of the molecule is COc1cccc2cc(-c3nnc(NC(=O)C(C)(C)C)o3)oc12. The lowest BCUT2D eigenvalue weighted by molar-refractivity contribution is -0.123. The van der Waals surface area contributed by atoms with Gasteiger partial charge in [-0.05, 0) is 12.1 Å². The quantitative estimate of drug-likeness (QED) is 0.795. The van der Waals surface area contributed by atoms with E-state index in [2.05, 4.69) is 15.5 Å². The fourth-order valence-electron chi connectivity index (χ4n) is 1.96. The molecule has 1 aromatic carbocycles. The van der Waals surface area contributed by atoms with Crippen LogP contribution in [0.2, 0.25) is 0 Å². The minimum absolute atomic E-state index is 0.0346. The molecular formula is C16H17N3O4. The molecule has 3 rings (SSSR count). The molecule has 7 nitrogen and oxygen atoms in total. The van der Waals surface area contributed by atoms with Crippen LogP contribution in [0, 0.1) is 5.41 Å². The topological polar surface area (TPSA) is 90.4 Å². The number of carbonyl (C=O) groups excluding carboxylic acids is 1. The third-order valence-electron chi connectivity index (χ3n) is 3.27. The van der Waals surface area contributed by atoms with Crippen molar-refractivity contribution in [1.82, 2.24) is 10.2 Å². The highest BCUT2D eigenvalue weighted by molar-refractivity contribution is 5.92. The van der Waals surface area contributed by atoms with Crippen molar-refractivity contribution in [3.63, 3.8) is 0 Å². The lowest BCUT2D eigenvalue weighted by Gasteiger charge is -2.15. The Labute approximate surface area is 132 Å². The van der Waals surface area contributed by atoms with Gasteiger partial charge >= 0.3 is 6.01 Å². The minimum atomic E-state index is -0.554. The standard InChI is InChI=1S/C16H17N3O4/c1-16(2,3)14(20)17-15-19-18-13(23-15)11-8-9-6-5-7-10(21-4)12(9)22-11/h5-8H,1-4H3,(H,17,19,20). The van der Waals surface area contributed by atoms with E-state index in [1.54, 1.807) is 40.0 Å². The van der Waals surface area contributed by atoms with E-state index in [9.17, 15) is 4.79 Å². The second-order valence-corrected chi connectivity index (χ2v) is 6.11. The van der Waals surface area contributed by atoms with Crippen LogP contribution < -0.4 is 10.1 Å². The Morgan fingerprint density at radius 1 is 1.22 bits per heavy atom. The Balaban J connectivity index is 1.90. The largest absolute Gasteiger partial charge is 0.493 e. The summed E-state index contributed by atoms with van der Waals surface area (Å²) in [5.74, 6) is 1.01. The van der Waals surface area contributed by atoms with Gasteiger partial charge in [0.05, 0.1) is 7.11 Å². The van der Waals surface area contributed by atoms with E-state index < -0.39 is 5.41 Å². The van der Waals surface area contributed by atoms with Gasteiger partial charge in [-0.1, -0.05) is 38.0 Å². The second-order valence-electron chi connectivity index (χ2n) is 6.11. The third-order valence-corrected chi connectivity index (χ3v) is 3.27. The van der Waals surface area contributed by atoms with Gasteiger partial charge in [-0.3, -0.25) is 10.1 Å². The van der Waals surface area contributed by atoms with Crippen LogP contribution in [0.15, 0.2) is 33.1 Å². The number of ether oxygens (including phenoxy) is 1. The summed E-state index contributed by atoms with van der Waals surface area (Å²) in [6.07, 6.45) is 0. The number of rotatable bonds is 3. The van der Waals surface area contributed by atoms with Crippen molar-refractivity contribution in [2.75, 3.05) is 12.4 Å². The number of methoxy groups -OCH3 is 1. The van der Waals surface area contributed by atoms with Crippen LogP contribution in [-0.4, -0.2) is 23.2 Å². The van der Waals surface area contributed by atoms with Gasteiger partial charge < -0.3 is 13.6 Å². The molecule has 0 saturated carbocycles. The van der Waals surface area contributed by atoms with Crippen molar-refractivity contribution >= 4 is 22.9 Å². The number of fused-ring (bicyclic) bond motifs is 1. The lowest BCUT2D eigenvalue weighted by atomic mass is 9.96. The average molecular weight is 315 g/mol. The van der Waals surface area contributed by atoms with E-state index in [1.165, 1.54) is 0 Å². The van der Waals surface area contributed by atoms with Crippen molar-refractivity contribution in [3.05, 3.63) is 24.3 Å². The Hall–Kier alpha value is -2.83. The highest BCUT2D eigenvalue weighted by Gasteiger charge is 2.24. The number of carbonyl (C=O) groups is 1. The lowest BCUT2D eigenvalue weighted by Crippen LogP contribution is -2.27. The summed E-state index contributed by atoms with van der Waals surface area (Å²) >= 11 is 0. The third kappa shape index (κ3) is 2.90. The molecule has 3 aromatic rings. The molecule has 0 saturated heterocycles. The van der Waals surface area contributed by atoms with Gasteiger partial charge in [0.1, 0.15) is 0 Å². The summed E-state index contributed by atoms with van der Waals surface area (Å²) in [4.78, 5) is 11.9. The first-order valence-corrected chi connectivity index (χ1v) is 7.10. The maximum Gasteiger partial charge on any atom is 0.322 e. The van der Waals surface area contributed by atoms with Crippen LogP contribution in [0.3, 0.4) is 0 Å². The molecule has 0 aliphatic carbocycles. The molecule has 7 heteroatoms. The maximum atomic E-state index is 11.9. The van der Waals surface area contributed by atoms with Gasteiger partial charge in [-0.2, -0.15) is 0 Å². The summed E-state index contributed by atoms with van der Waals surface area (Å²) in [6.45, 7) is 5.39. The summed E-state index contributed by atoms with van der Waals surface area (Å²) in [5, 5.41) is 11.2. The molecule has 0 atom stereocenters. The summed E-state index contributed by atoms with van der Waals surface area (Å²) < 4.78 is 16.4. The molecular weight excluding hydrogens is 298 g/mol. The molecule has 0 aliphatic heterocycles. The zero-order chi connectivity index (χ0) is 16.6. The number of nitrogens with one attached hydrogen (secondary N) is 1. The van der Waals surface area contributed by atoms with E-state index in [1.807, 2.05) is 12.1 Å². The van der Waals surface area contributed by atoms with Gasteiger partial charge in [0.25, 0.3) is 5.89 Å². The van der Waals surface area contributed by atoms with Crippen molar-refractivity contribution in [3.8, 4) is 17.4 Å². The Morgan fingerprint density at radius 2 is 2.00 bits per heavy atom. The number of para-hydroxylation sites is 1. The van der Waals surface area contributed by atoms with E-state index in [4.69, 9.17) is 13.6 Å². The molecule has 0 radical (unpaired) electrons. The highest BCUT2D eigenvalue weighted by Crippen LogP contribution is 2.33.